The number of carbonyl (C=O) groups excluding carboxylic acids is 1. The number of sulfonamides is 1. The molecule has 0 amide bonds. The minimum absolute atomic E-state index is 0.0551. The van der Waals surface area contributed by atoms with E-state index in [1.54, 1.807) is 24.3 Å². The highest BCUT2D eigenvalue weighted by molar-refractivity contribution is 9.12. The molecule has 3 rings (SSSR count). The zero-order valence-corrected chi connectivity index (χ0v) is 25.0. The number of rotatable bonds is 14. The van der Waals surface area contributed by atoms with Crippen molar-refractivity contribution >= 4 is 50.9 Å². The number of hydrogen-bond donors (Lipinski definition) is 1. The van der Waals surface area contributed by atoms with Crippen molar-refractivity contribution in [1.29, 1.82) is 0 Å². The fourth-order valence-corrected chi connectivity index (χ4v) is 8.88. The Morgan fingerprint density at radius 3 is 2.08 bits per heavy atom. The molecular formula is C26H32BrClNO6PS. The smallest absolute Gasteiger partial charge is 0.307 e. The third kappa shape index (κ3) is 6.82. The van der Waals surface area contributed by atoms with Gasteiger partial charge in [0, 0.05) is 16.1 Å². The molecule has 37 heavy (non-hydrogen) atoms. The Kier molecular flexibility index (Phi) is 10.7. The predicted octanol–water partition coefficient (Wildman–Crippen LogP) is 7.55. The lowest BCUT2D eigenvalue weighted by Crippen LogP contribution is -2.47. The van der Waals surface area contributed by atoms with E-state index in [2.05, 4.69) is 20.7 Å². The Morgan fingerprint density at radius 1 is 0.946 bits per heavy atom. The third-order valence-corrected chi connectivity index (χ3v) is 10.9. The number of Topliss-reactive ketones (excluding diaryl/α,β-unsaturated/α-hetero) is 1. The maximum Gasteiger partial charge on any atom is 0.360 e. The number of nitrogens with one attached hydrogen (secondary N) is 1. The van der Waals surface area contributed by atoms with Crippen LogP contribution < -0.4 is 4.72 Å². The van der Waals surface area contributed by atoms with Gasteiger partial charge in [0.05, 0.1) is 22.6 Å². The highest BCUT2D eigenvalue weighted by Gasteiger charge is 2.57. The maximum absolute atomic E-state index is 14.8. The van der Waals surface area contributed by atoms with Gasteiger partial charge in [0.1, 0.15) is 0 Å². The average molecular weight is 633 g/mol. The van der Waals surface area contributed by atoms with Crippen LogP contribution in [0.5, 0.6) is 0 Å². The fourth-order valence-electron chi connectivity index (χ4n) is 4.03. The van der Waals surface area contributed by atoms with Crippen LogP contribution in [0.15, 0.2) is 64.0 Å². The predicted molar refractivity (Wildman–Crippen MR) is 150 cm³/mol. The summed E-state index contributed by atoms with van der Waals surface area (Å²) in [6, 6.07) is 12.1. The van der Waals surface area contributed by atoms with Crippen molar-refractivity contribution in [2.45, 2.75) is 62.5 Å². The molecule has 0 bridgehead atoms. The van der Waals surface area contributed by atoms with Crippen LogP contribution >= 0.6 is 35.1 Å². The van der Waals surface area contributed by atoms with E-state index in [0.29, 0.717) is 17.9 Å². The van der Waals surface area contributed by atoms with Gasteiger partial charge in [-0.25, -0.2) is 8.42 Å². The molecule has 1 aliphatic rings. The molecular weight excluding hydrogens is 601 g/mol. The van der Waals surface area contributed by atoms with Crippen LogP contribution in [0, 0.1) is 0 Å². The SMILES string of the molecule is CCCCCOP(=O)(OCCCCC)C1(NS(=O)(=O)c2ccc(Cl)cc2)C=C(Br)C(=O)c2ccccc21. The van der Waals surface area contributed by atoms with Crippen LogP contribution in [0.4, 0.5) is 0 Å². The van der Waals surface area contributed by atoms with Gasteiger partial charge >= 0.3 is 7.60 Å². The third-order valence-electron chi connectivity index (χ3n) is 6.00. The van der Waals surface area contributed by atoms with Crippen LogP contribution in [0.2, 0.25) is 5.02 Å². The largest absolute Gasteiger partial charge is 0.360 e. The Bertz CT molecular complexity index is 1270. The van der Waals surface area contributed by atoms with Crippen LogP contribution in [-0.4, -0.2) is 27.4 Å². The first kappa shape index (κ1) is 30.2. The van der Waals surface area contributed by atoms with Gasteiger partial charge in [0.15, 0.2) is 11.1 Å². The molecule has 0 aromatic heterocycles. The molecule has 0 fully saturated rings. The minimum atomic E-state index is -4.30. The van der Waals surface area contributed by atoms with E-state index < -0.39 is 22.9 Å². The molecule has 0 saturated heterocycles. The van der Waals surface area contributed by atoms with E-state index in [1.807, 2.05) is 13.8 Å². The standard InChI is InChI=1S/C26H32BrClNO6PS/c1-3-5-9-17-34-36(31,35-18-10-6-4-2)26(29-37(32,33)21-15-13-20(28)14-16-21)19-24(27)25(30)22-11-7-8-12-23(22)26/h7-8,11-16,19,29H,3-6,9-10,17-18H2,1-2H3. The molecule has 2 aromatic carbocycles. The summed E-state index contributed by atoms with van der Waals surface area (Å²) in [5, 5.41) is -1.62. The van der Waals surface area contributed by atoms with Crippen molar-refractivity contribution in [1.82, 2.24) is 4.72 Å². The summed E-state index contributed by atoms with van der Waals surface area (Å²) in [6.45, 7) is 4.27. The summed E-state index contributed by atoms with van der Waals surface area (Å²) in [5.74, 6) is -0.361. The minimum Gasteiger partial charge on any atom is -0.307 e. The molecule has 0 radical (unpaired) electrons. The van der Waals surface area contributed by atoms with Crippen molar-refractivity contribution in [3.63, 3.8) is 0 Å². The summed E-state index contributed by atoms with van der Waals surface area (Å²) >= 11 is 9.25. The molecule has 202 valence electrons. The van der Waals surface area contributed by atoms with Gasteiger partial charge in [-0.2, -0.15) is 4.72 Å². The van der Waals surface area contributed by atoms with Gasteiger partial charge < -0.3 is 9.05 Å². The van der Waals surface area contributed by atoms with Crippen molar-refractivity contribution < 1.29 is 26.8 Å². The lowest BCUT2D eigenvalue weighted by molar-refractivity contribution is 0.103. The number of unbranched alkanes of at least 4 members (excludes halogenated alkanes) is 4. The maximum atomic E-state index is 14.8. The average Bonchev–Trinajstić information content (AvgIpc) is 2.88. The number of benzene rings is 2. The number of hydrogen-bond acceptors (Lipinski definition) is 6. The Morgan fingerprint density at radius 2 is 1.51 bits per heavy atom. The molecule has 1 aliphatic carbocycles. The van der Waals surface area contributed by atoms with Crippen LogP contribution in [0.3, 0.4) is 0 Å². The summed E-state index contributed by atoms with van der Waals surface area (Å²) in [6.07, 6.45) is 6.06. The van der Waals surface area contributed by atoms with Crippen molar-refractivity contribution in [3.8, 4) is 0 Å². The second kappa shape index (κ2) is 13.2. The summed E-state index contributed by atoms with van der Waals surface area (Å²) in [4.78, 5) is 12.9. The molecule has 2 aromatic rings. The molecule has 1 atom stereocenters. The van der Waals surface area contributed by atoms with E-state index >= 15 is 0 Å². The van der Waals surface area contributed by atoms with E-state index in [1.165, 1.54) is 30.3 Å². The first-order valence-corrected chi connectivity index (χ1v) is 16.5. The first-order chi connectivity index (χ1) is 17.6. The molecule has 1 unspecified atom stereocenters. The van der Waals surface area contributed by atoms with E-state index in [0.717, 1.165) is 25.7 Å². The molecule has 0 spiro atoms. The van der Waals surface area contributed by atoms with Gasteiger partial charge in [-0.05, 0) is 59.1 Å². The monoisotopic (exact) mass is 631 g/mol. The highest BCUT2D eigenvalue weighted by Crippen LogP contribution is 2.67. The van der Waals surface area contributed by atoms with Gasteiger partial charge in [-0.1, -0.05) is 75.4 Å². The van der Waals surface area contributed by atoms with Crippen LogP contribution in [0.25, 0.3) is 0 Å². The quantitative estimate of drug-likeness (QED) is 0.171. The molecule has 7 nitrogen and oxygen atoms in total. The van der Waals surface area contributed by atoms with Crippen molar-refractivity contribution in [3.05, 3.63) is 75.2 Å². The van der Waals surface area contributed by atoms with Crippen molar-refractivity contribution in [2.24, 2.45) is 0 Å². The van der Waals surface area contributed by atoms with Crippen LogP contribution in [0.1, 0.15) is 68.3 Å². The van der Waals surface area contributed by atoms with E-state index in [-0.39, 0.29) is 39.5 Å². The lowest BCUT2D eigenvalue weighted by atomic mass is 9.92. The molecule has 0 aliphatic heterocycles. The molecule has 0 heterocycles. The highest BCUT2D eigenvalue weighted by atomic mass is 79.9. The van der Waals surface area contributed by atoms with E-state index in [9.17, 15) is 17.8 Å². The zero-order valence-electron chi connectivity index (χ0n) is 20.9. The first-order valence-electron chi connectivity index (χ1n) is 12.3. The van der Waals surface area contributed by atoms with Crippen molar-refractivity contribution in [2.75, 3.05) is 13.2 Å². The summed E-state index contributed by atoms with van der Waals surface area (Å²) in [7, 11) is -8.59. The summed E-state index contributed by atoms with van der Waals surface area (Å²) in [5.41, 5.74) is 0.403. The van der Waals surface area contributed by atoms with Gasteiger partial charge in [-0.3, -0.25) is 9.36 Å². The Labute approximate surface area is 232 Å². The molecule has 11 heteroatoms. The lowest BCUT2D eigenvalue weighted by Gasteiger charge is -2.40. The van der Waals surface area contributed by atoms with Crippen LogP contribution in [-0.2, 0) is 28.9 Å². The number of fused-ring (bicyclic) bond motifs is 1. The number of carbonyl (C=O) groups is 1. The molecule has 0 saturated carbocycles. The van der Waals surface area contributed by atoms with Gasteiger partial charge in [0.2, 0.25) is 10.0 Å². The summed E-state index contributed by atoms with van der Waals surface area (Å²) < 4.78 is 56.9. The normalized spacial score (nSPS) is 17.9. The Hall–Kier alpha value is -1.32. The van der Waals surface area contributed by atoms with E-state index in [4.69, 9.17) is 20.6 Å². The second-order valence-electron chi connectivity index (χ2n) is 8.77. The number of allylic oxidation sites excluding steroid dienone is 1. The topological polar surface area (TPSA) is 98.8 Å². The number of halogens is 2. The van der Waals surface area contributed by atoms with Gasteiger partial charge in [0.25, 0.3) is 0 Å². The fraction of sp³-hybridized carbons (Fsp3) is 0.423. The molecule has 1 N–H and O–H groups in total. The second-order valence-corrected chi connectivity index (χ2v) is 14.0. The zero-order chi connectivity index (χ0) is 27.1. The Balaban J connectivity index is 2.21. The van der Waals surface area contributed by atoms with Gasteiger partial charge in [-0.15, -0.1) is 0 Å². The number of ketones is 1.